The smallest absolute Gasteiger partial charge is 0.242 e. The summed E-state index contributed by atoms with van der Waals surface area (Å²) >= 11 is 3.35. The van der Waals surface area contributed by atoms with E-state index in [-0.39, 0.29) is 0 Å². The molecule has 1 unspecified atom stereocenters. The molecule has 0 aliphatic carbocycles. The molecule has 0 bridgehead atoms. The second kappa shape index (κ2) is 5.18. The Morgan fingerprint density at radius 1 is 1.41 bits per heavy atom. The minimum Gasteiger partial charge on any atom is -0.325 e. The molecule has 0 aliphatic rings. The molecule has 0 radical (unpaired) electrons. The number of sulfone groups is 1. The normalized spacial score (nSPS) is 13.2. The number of benzene rings is 1. The number of halogens is 1. The molecule has 94 valence electrons. The number of rotatable bonds is 3. The lowest BCUT2D eigenvalue weighted by atomic mass is 10.2. The van der Waals surface area contributed by atoms with E-state index < -0.39 is 21.0 Å². The molecule has 4 nitrogen and oxygen atoms in total. The SMILES string of the molecule is Cc1cc(NC(=O)C(C)S(C)(=O)=O)ccc1Br. The van der Waals surface area contributed by atoms with Crippen molar-refractivity contribution in [2.75, 3.05) is 11.6 Å². The van der Waals surface area contributed by atoms with Crippen LogP contribution in [-0.4, -0.2) is 25.8 Å². The van der Waals surface area contributed by atoms with E-state index in [1.54, 1.807) is 18.2 Å². The Kier molecular flexibility index (Phi) is 4.32. The number of nitrogens with one attached hydrogen (secondary N) is 1. The second-order valence-corrected chi connectivity index (χ2v) is 7.15. The first-order valence-corrected chi connectivity index (χ1v) is 7.72. The van der Waals surface area contributed by atoms with Gasteiger partial charge in [-0.25, -0.2) is 8.42 Å². The zero-order chi connectivity index (χ0) is 13.2. The first-order valence-electron chi connectivity index (χ1n) is 4.97. The largest absolute Gasteiger partial charge is 0.325 e. The summed E-state index contributed by atoms with van der Waals surface area (Å²) in [7, 11) is -3.36. The molecule has 0 spiro atoms. The first kappa shape index (κ1) is 14.2. The lowest BCUT2D eigenvalue weighted by Gasteiger charge is -2.11. The molecule has 0 saturated heterocycles. The van der Waals surface area contributed by atoms with Crippen LogP contribution in [0.3, 0.4) is 0 Å². The average Bonchev–Trinajstić information content (AvgIpc) is 2.21. The number of hydrogen-bond acceptors (Lipinski definition) is 3. The van der Waals surface area contributed by atoms with Crippen molar-refractivity contribution in [3.05, 3.63) is 28.2 Å². The maximum absolute atomic E-state index is 11.7. The Morgan fingerprint density at radius 2 is 2.00 bits per heavy atom. The monoisotopic (exact) mass is 319 g/mol. The lowest BCUT2D eigenvalue weighted by Crippen LogP contribution is -2.31. The van der Waals surface area contributed by atoms with Crippen molar-refractivity contribution >= 4 is 37.4 Å². The Balaban J connectivity index is 2.85. The molecule has 1 atom stereocenters. The summed E-state index contributed by atoms with van der Waals surface area (Å²) in [6, 6.07) is 5.29. The minimum atomic E-state index is -3.36. The third-order valence-corrected chi connectivity index (χ3v) is 4.83. The number of anilines is 1. The van der Waals surface area contributed by atoms with Gasteiger partial charge in [-0.15, -0.1) is 0 Å². The lowest BCUT2D eigenvalue weighted by molar-refractivity contribution is -0.115. The molecule has 0 saturated carbocycles. The van der Waals surface area contributed by atoms with Crippen molar-refractivity contribution in [1.29, 1.82) is 0 Å². The first-order chi connectivity index (χ1) is 7.71. The standard InChI is InChI=1S/C11H14BrNO3S/c1-7-6-9(4-5-10(7)12)13-11(14)8(2)17(3,15)16/h4-6,8H,1-3H3,(H,13,14). The molecular formula is C11H14BrNO3S. The van der Waals surface area contributed by atoms with Crippen LogP contribution in [0.15, 0.2) is 22.7 Å². The van der Waals surface area contributed by atoms with E-state index in [0.29, 0.717) is 5.69 Å². The van der Waals surface area contributed by atoms with Crippen LogP contribution in [0.25, 0.3) is 0 Å². The highest BCUT2D eigenvalue weighted by Gasteiger charge is 2.23. The average molecular weight is 320 g/mol. The molecule has 0 fully saturated rings. The third-order valence-electron chi connectivity index (χ3n) is 2.44. The topological polar surface area (TPSA) is 63.2 Å². The summed E-state index contributed by atoms with van der Waals surface area (Å²) in [5.41, 5.74) is 1.56. The molecular weight excluding hydrogens is 306 g/mol. The van der Waals surface area contributed by atoms with Crippen LogP contribution in [0.4, 0.5) is 5.69 Å². The predicted octanol–water partition coefficient (Wildman–Crippen LogP) is 2.13. The van der Waals surface area contributed by atoms with Gasteiger partial charge in [0.2, 0.25) is 5.91 Å². The molecule has 1 rings (SSSR count). The zero-order valence-electron chi connectivity index (χ0n) is 9.82. The maximum atomic E-state index is 11.7. The van der Waals surface area contributed by atoms with Crippen molar-refractivity contribution in [3.8, 4) is 0 Å². The van der Waals surface area contributed by atoms with Gasteiger partial charge in [0.15, 0.2) is 9.84 Å². The molecule has 1 aromatic rings. The van der Waals surface area contributed by atoms with Crippen molar-refractivity contribution in [2.45, 2.75) is 19.1 Å². The fourth-order valence-corrected chi connectivity index (χ4v) is 1.86. The third kappa shape index (κ3) is 3.81. The fraction of sp³-hybridized carbons (Fsp3) is 0.364. The summed E-state index contributed by atoms with van der Waals surface area (Å²) < 4.78 is 23.4. The Bertz CT molecular complexity index is 540. The van der Waals surface area contributed by atoms with Crippen LogP contribution in [0.1, 0.15) is 12.5 Å². The second-order valence-electron chi connectivity index (χ2n) is 3.92. The number of carbonyl (C=O) groups is 1. The molecule has 1 aromatic carbocycles. The van der Waals surface area contributed by atoms with E-state index in [0.717, 1.165) is 16.3 Å². The van der Waals surface area contributed by atoms with Gasteiger partial charge in [0.1, 0.15) is 5.25 Å². The van der Waals surface area contributed by atoms with Crippen LogP contribution < -0.4 is 5.32 Å². The van der Waals surface area contributed by atoms with Gasteiger partial charge in [0.05, 0.1) is 0 Å². The summed E-state index contributed by atoms with van der Waals surface area (Å²) in [4.78, 5) is 11.7. The van der Waals surface area contributed by atoms with Gasteiger partial charge in [-0.3, -0.25) is 4.79 Å². The minimum absolute atomic E-state index is 0.519. The van der Waals surface area contributed by atoms with Gasteiger partial charge in [-0.2, -0.15) is 0 Å². The van der Waals surface area contributed by atoms with Crippen molar-refractivity contribution in [1.82, 2.24) is 0 Å². The van der Waals surface area contributed by atoms with Gasteiger partial charge in [0, 0.05) is 16.4 Å². The van der Waals surface area contributed by atoms with Crippen LogP contribution in [0.5, 0.6) is 0 Å². The molecule has 0 aromatic heterocycles. The Labute approximate surface area is 109 Å². The van der Waals surface area contributed by atoms with Gasteiger partial charge >= 0.3 is 0 Å². The van der Waals surface area contributed by atoms with E-state index in [9.17, 15) is 13.2 Å². The van der Waals surface area contributed by atoms with Crippen LogP contribution in [-0.2, 0) is 14.6 Å². The number of carbonyl (C=O) groups excluding carboxylic acids is 1. The molecule has 0 heterocycles. The van der Waals surface area contributed by atoms with E-state index in [1.165, 1.54) is 6.92 Å². The van der Waals surface area contributed by atoms with Crippen LogP contribution >= 0.6 is 15.9 Å². The molecule has 6 heteroatoms. The summed E-state index contributed by atoms with van der Waals surface area (Å²) in [6.45, 7) is 3.26. The fourth-order valence-electron chi connectivity index (χ4n) is 1.16. The Morgan fingerprint density at radius 3 is 2.47 bits per heavy atom. The summed E-state index contributed by atoms with van der Waals surface area (Å²) in [5, 5.41) is 1.53. The van der Waals surface area contributed by atoms with E-state index in [1.807, 2.05) is 6.92 Å². The number of hydrogen-bond donors (Lipinski definition) is 1. The molecule has 1 amide bonds. The van der Waals surface area contributed by atoms with Crippen molar-refractivity contribution in [2.24, 2.45) is 0 Å². The predicted molar refractivity (Wildman–Crippen MR) is 71.8 cm³/mol. The summed E-state index contributed by atoms with van der Waals surface area (Å²) in [6.07, 6.45) is 1.05. The van der Waals surface area contributed by atoms with Crippen molar-refractivity contribution < 1.29 is 13.2 Å². The van der Waals surface area contributed by atoms with Crippen LogP contribution in [0, 0.1) is 6.92 Å². The van der Waals surface area contributed by atoms with E-state index in [4.69, 9.17) is 0 Å². The van der Waals surface area contributed by atoms with E-state index >= 15 is 0 Å². The van der Waals surface area contributed by atoms with Gasteiger partial charge in [-0.05, 0) is 37.6 Å². The van der Waals surface area contributed by atoms with Crippen LogP contribution in [0.2, 0.25) is 0 Å². The highest BCUT2D eigenvalue weighted by atomic mass is 79.9. The van der Waals surface area contributed by atoms with Gasteiger partial charge in [0.25, 0.3) is 0 Å². The number of amides is 1. The van der Waals surface area contributed by atoms with Gasteiger partial charge in [-0.1, -0.05) is 15.9 Å². The Hall–Kier alpha value is -0.880. The molecule has 17 heavy (non-hydrogen) atoms. The van der Waals surface area contributed by atoms with Crippen molar-refractivity contribution in [3.63, 3.8) is 0 Å². The number of aryl methyl sites for hydroxylation is 1. The summed E-state index contributed by atoms with van der Waals surface area (Å²) in [5.74, 6) is -0.519. The maximum Gasteiger partial charge on any atom is 0.242 e. The quantitative estimate of drug-likeness (QED) is 0.928. The molecule has 1 N–H and O–H groups in total. The van der Waals surface area contributed by atoms with E-state index in [2.05, 4.69) is 21.2 Å². The highest BCUT2D eigenvalue weighted by molar-refractivity contribution is 9.10. The molecule has 0 aliphatic heterocycles. The van der Waals surface area contributed by atoms with Gasteiger partial charge < -0.3 is 5.32 Å². The zero-order valence-corrected chi connectivity index (χ0v) is 12.2. The highest BCUT2D eigenvalue weighted by Crippen LogP contribution is 2.20.